The lowest BCUT2D eigenvalue weighted by atomic mass is 10.2. The van der Waals surface area contributed by atoms with E-state index in [1.54, 1.807) is 6.92 Å². The lowest BCUT2D eigenvalue weighted by Gasteiger charge is -2.03. The number of aromatic nitrogens is 2. The Morgan fingerprint density at radius 2 is 1.89 bits per heavy atom. The van der Waals surface area contributed by atoms with E-state index in [0.29, 0.717) is 11.3 Å². The van der Waals surface area contributed by atoms with E-state index in [2.05, 4.69) is 9.97 Å². The van der Waals surface area contributed by atoms with Gasteiger partial charge in [-0.3, -0.25) is 10.1 Å². The van der Waals surface area contributed by atoms with Crippen molar-refractivity contribution >= 4 is 11.7 Å². The quantitative estimate of drug-likeness (QED) is 0.667. The highest BCUT2D eigenvalue weighted by Gasteiger charge is 2.11. The van der Waals surface area contributed by atoms with Crippen LogP contribution in [0.15, 0.2) is 30.3 Å². The van der Waals surface area contributed by atoms with Gasteiger partial charge in [0.1, 0.15) is 0 Å². The SMILES string of the molecule is Cc1cc(C(=O)O)nc(-c2ccc([N+](=O)[O-])cc2)n1. The van der Waals surface area contributed by atoms with Crippen molar-refractivity contribution in [2.24, 2.45) is 0 Å². The highest BCUT2D eigenvalue weighted by molar-refractivity contribution is 5.86. The van der Waals surface area contributed by atoms with E-state index in [9.17, 15) is 14.9 Å². The predicted octanol–water partition coefficient (Wildman–Crippen LogP) is 2.06. The molecule has 2 rings (SSSR count). The highest BCUT2D eigenvalue weighted by atomic mass is 16.6. The van der Waals surface area contributed by atoms with Crippen LogP contribution < -0.4 is 0 Å². The maximum absolute atomic E-state index is 10.9. The molecule has 0 unspecified atom stereocenters. The van der Waals surface area contributed by atoms with E-state index in [4.69, 9.17) is 5.11 Å². The molecule has 1 aromatic heterocycles. The third-order valence-corrected chi connectivity index (χ3v) is 2.41. The molecule has 19 heavy (non-hydrogen) atoms. The Morgan fingerprint density at radius 1 is 1.26 bits per heavy atom. The molecule has 0 radical (unpaired) electrons. The fraction of sp³-hybridized carbons (Fsp3) is 0.0833. The van der Waals surface area contributed by atoms with Crippen molar-refractivity contribution in [2.45, 2.75) is 6.92 Å². The molecule has 96 valence electrons. The van der Waals surface area contributed by atoms with Crippen molar-refractivity contribution in [1.82, 2.24) is 9.97 Å². The van der Waals surface area contributed by atoms with Gasteiger partial charge in [0.25, 0.3) is 5.69 Å². The van der Waals surface area contributed by atoms with Gasteiger partial charge < -0.3 is 5.11 Å². The van der Waals surface area contributed by atoms with E-state index in [0.717, 1.165) is 0 Å². The first-order valence-corrected chi connectivity index (χ1v) is 5.31. The van der Waals surface area contributed by atoms with Gasteiger partial charge in [-0.25, -0.2) is 14.8 Å². The van der Waals surface area contributed by atoms with Crippen molar-refractivity contribution in [2.75, 3.05) is 0 Å². The van der Waals surface area contributed by atoms with Crippen molar-refractivity contribution in [1.29, 1.82) is 0 Å². The molecule has 0 aliphatic rings. The number of nitro benzene ring substituents is 1. The summed E-state index contributed by atoms with van der Waals surface area (Å²) >= 11 is 0. The predicted molar refractivity (Wildman–Crippen MR) is 65.8 cm³/mol. The second-order valence-electron chi connectivity index (χ2n) is 3.83. The summed E-state index contributed by atoms with van der Waals surface area (Å²) in [4.78, 5) is 28.9. The molecular formula is C12H9N3O4. The molecule has 1 N–H and O–H groups in total. The van der Waals surface area contributed by atoms with Gasteiger partial charge in [-0.05, 0) is 25.1 Å². The molecule has 1 heterocycles. The number of carboxylic acid groups (broad SMARTS) is 1. The number of benzene rings is 1. The lowest BCUT2D eigenvalue weighted by molar-refractivity contribution is -0.384. The van der Waals surface area contributed by atoms with Crippen molar-refractivity contribution in [3.8, 4) is 11.4 Å². The lowest BCUT2D eigenvalue weighted by Crippen LogP contribution is -2.04. The number of hydrogen-bond acceptors (Lipinski definition) is 5. The number of carbonyl (C=O) groups is 1. The summed E-state index contributed by atoms with van der Waals surface area (Å²) in [6.45, 7) is 1.66. The second-order valence-corrected chi connectivity index (χ2v) is 3.83. The number of non-ortho nitro benzene ring substituents is 1. The topological polar surface area (TPSA) is 106 Å². The Balaban J connectivity index is 2.46. The second kappa shape index (κ2) is 4.81. The van der Waals surface area contributed by atoms with Gasteiger partial charge in [0, 0.05) is 23.4 Å². The van der Waals surface area contributed by atoms with E-state index in [1.165, 1.54) is 30.3 Å². The minimum Gasteiger partial charge on any atom is -0.477 e. The third kappa shape index (κ3) is 2.71. The first kappa shape index (κ1) is 12.6. The molecule has 0 fully saturated rings. The molecule has 7 nitrogen and oxygen atoms in total. The number of rotatable bonds is 3. The number of hydrogen-bond donors (Lipinski definition) is 1. The Bertz CT molecular complexity index is 653. The normalized spacial score (nSPS) is 10.2. The average molecular weight is 259 g/mol. The molecule has 0 saturated carbocycles. The Hall–Kier alpha value is -2.83. The smallest absolute Gasteiger partial charge is 0.354 e. The van der Waals surface area contributed by atoms with Crippen molar-refractivity contribution < 1.29 is 14.8 Å². The van der Waals surface area contributed by atoms with Gasteiger partial charge in [-0.1, -0.05) is 0 Å². The molecule has 0 aliphatic carbocycles. The van der Waals surface area contributed by atoms with Crippen LogP contribution in [0.3, 0.4) is 0 Å². The summed E-state index contributed by atoms with van der Waals surface area (Å²) in [6.07, 6.45) is 0. The average Bonchev–Trinajstić information content (AvgIpc) is 2.38. The van der Waals surface area contributed by atoms with Crippen LogP contribution in [0.1, 0.15) is 16.2 Å². The zero-order valence-corrected chi connectivity index (χ0v) is 9.90. The standard InChI is InChI=1S/C12H9N3O4/c1-7-6-10(12(16)17)14-11(13-7)8-2-4-9(5-3-8)15(18)19/h2-6H,1H3,(H,16,17). The third-order valence-electron chi connectivity index (χ3n) is 2.41. The van der Waals surface area contributed by atoms with E-state index >= 15 is 0 Å². The van der Waals surface area contributed by atoms with E-state index in [-0.39, 0.29) is 17.2 Å². The van der Waals surface area contributed by atoms with Crippen LogP contribution in [-0.4, -0.2) is 26.0 Å². The zero-order valence-electron chi connectivity index (χ0n) is 9.90. The minimum absolute atomic E-state index is 0.0464. The van der Waals surface area contributed by atoms with Gasteiger partial charge in [0.2, 0.25) is 0 Å². The number of carboxylic acids is 1. The number of nitrogens with zero attached hydrogens (tertiary/aromatic N) is 3. The summed E-state index contributed by atoms with van der Waals surface area (Å²) in [5.41, 5.74) is 0.883. The Kier molecular flexibility index (Phi) is 3.19. The van der Waals surface area contributed by atoms with Crippen LogP contribution >= 0.6 is 0 Å². The van der Waals surface area contributed by atoms with Crippen LogP contribution in [0.4, 0.5) is 5.69 Å². The van der Waals surface area contributed by atoms with Crippen LogP contribution in [0, 0.1) is 17.0 Å². The number of nitro groups is 1. The van der Waals surface area contributed by atoms with Gasteiger partial charge in [-0.2, -0.15) is 0 Å². The summed E-state index contributed by atoms with van der Waals surface area (Å²) in [5.74, 6) is -0.916. The van der Waals surface area contributed by atoms with Crippen LogP contribution in [0.25, 0.3) is 11.4 Å². The van der Waals surface area contributed by atoms with Crippen LogP contribution in [-0.2, 0) is 0 Å². The largest absolute Gasteiger partial charge is 0.477 e. The Morgan fingerprint density at radius 3 is 2.42 bits per heavy atom. The fourth-order valence-corrected chi connectivity index (χ4v) is 1.54. The number of aryl methyl sites for hydroxylation is 1. The fourth-order valence-electron chi connectivity index (χ4n) is 1.54. The highest BCUT2D eigenvalue weighted by Crippen LogP contribution is 2.20. The molecule has 0 saturated heterocycles. The first-order valence-electron chi connectivity index (χ1n) is 5.31. The molecule has 0 bridgehead atoms. The van der Waals surface area contributed by atoms with Crippen LogP contribution in [0.5, 0.6) is 0 Å². The zero-order chi connectivity index (χ0) is 14.0. The van der Waals surface area contributed by atoms with Gasteiger partial charge >= 0.3 is 5.97 Å². The monoisotopic (exact) mass is 259 g/mol. The van der Waals surface area contributed by atoms with Crippen molar-refractivity contribution in [3.05, 3.63) is 51.8 Å². The Labute approximate surface area is 107 Å². The summed E-state index contributed by atoms with van der Waals surface area (Å²) in [6, 6.07) is 6.97. The van der Waals surface area contributed by atoms with Gasteiger partial charge in [-0.15, -0.1) is 0 Å². The molecular weight excluding hydrogens is 250 g/mol. The molecule has 2 aromatic rings. The van der Waals surface area contributed by atoms with E-state index in [1.807, 2.05) is 0 Å². The maximum Gasteiger partial charge on any atom is 0.354 e. The molecule has 0 atom stereocenters. The van der Waals surface area contributed by atoms with Gasteiger partial charge in [0.05, 0.1) is 4.92 Å². The summed E-state index contributed by atoms with van der Waals surface area (Å²) in [5, 5.41) is 19.5. The summed E-state index contributed by atoms with van der Waals surface area (Å²) in [7, 11) is 0. The van der Waals surface area contributed by atoms with E-state index < -0.39 is 10.9 Å². The first-order chi connectivity index (χ1) is 8.97. The molecule has 1 aromatic carbocycles. The minimum atomic E-state index is -1.14. The maximum atomic E-state index is 10.9. The summed E-state index contributed by atoms with van der Waals surface area (Å²) < 4.78 is 0. The van der Waals surface area contributed by atoms with Crippen molar-refractivity contribution in [3.63, 3.8) is 0 Å². The molecule has 7 heteroatoms. The molecule has 0 amide bonds. The number of aromatic carboxylic acids is 1. The molecule has 0 spiro atoms. The van der Waals surface area contributed by atoms with Gasteiger partial charge in [0.15, 0.2) is 11.5 Å². The molecule has 0 aliphatic heterocycles. The van der Waals surface area contributed by atoms with Crippen LogP contribution in [0.2, 0.25) is 0 Å².